The number of carbonyl (C=O) groups is 1. The molecular weight excluding hydrogens is 252 g/mol. The highest BCUT2D eigenvalue weighted by Crippen LogP contribution is 2.20. The van der Waals surface area contributed by atoms with E-state index in [1.54, 1.807) is 6.20 Å². The quantitative estimate of drug-likeness (QED) is 0.914. The molecule has 0 saturated carbocycles. The second-order valence-electron chi connectivity index (χ2n) is 5.28. The summed E-state index contributed by atoms with van der Waals surface area (Å²) in [5.41, 5.74) is 2.08. The molecule has 1 amide bonds. The summed E-state index contributed by atoms with van der Waals surface area (Å²) in [5, 5.41) is 4.28. The standard InChI is InChI=1S/C15H20N4O/c1-16-9-12-10-19(15-13(12)5-4-6-17-15)11-14(20)18-7-2-3-8-18/h4-6,10,16H,2-3,7-9,11H2,1H3. The maximum absolute atomic E-state index is 12.3. The second kappa shape index (κ2) is 5.63. The van der Waals surface area contributed by atoms with Crippen LogP contribution in [0.1, 0.15) is 18.4 Å². The van der Waals surface area contributed by atoms with Crippen molar-refractivity contribution in [3.63, 3.8) is 0 Å². The molecule has 0 unspecified atom stereocenters. The second-order valence-corrected chi connectivity index (χ2v) is 5.28. The number of aromatic nitrogens is 2. The molecule has 5 heteroatoms. The van der Waals surface area contributed by atoms with Gasteiger partial charge >= 0.3 is 0 Å². The molecule has 2 aromatic rings. The van der Waals surface area contributed by atoms with Crippen molar-refractivity contribution in [1.29, 1.82) is 0 Å². The van der Waals surface area contributed by atoms with E-state index in [1.165, 1.54) is 5.56 Å². The zero-order valence-corrected chi connectivity index (χ0v) is 11.8. The number of amides is 1. The molecule has 0 atom stereocenters. The van der Waals surface area contributed by atoms with Crippen LogP contribution in [0.5, 0.6) is 0 Å². The molecule has 1 aliphatic heterocycles. The van der Waals surface area contributed by atoms with Gasteiger partial charge in [0.1, 0.15) is 12.2 Å². The number of hydrogen-bond donors (Lipinski definition) is 1. The molecule has 1 fully saturated rings. The Balaban J connectivity index is 1.88. The van der Waals surface area contributed by atoms with Gasteiger partial charge in [0.25, 0.3) is 0 Å². The van der Waals surface area contributed by atoms with Crippen molar-refractivity contribution in [3.8, 4) is 0 Å². The summed E-state index contributed by atoms with van der Waals surface area (Å²) in [4.78, 5) is 18.7. The molecule has 0 radical (unpaired) electrons. The van der Waals surface area contributed by atoms with Crippen molar-refractivity contribution in [2.24, 2.45) is 0 Å². The van der Waals surface area contributed by atoms with Crippen LogP contribution in [0.2, 0.25) is 0 Å². The lowest BCUT2D eigenvalue weighted by Gasteiger charge is -2.15. The zero-order chi connectivity index (χ0) is 13.9. The maximum atomic E-state index is 12.3. The van der Waals surface area contributed by atoms with Gasteiger partial charge in [-0.2, -0.15) is 0 Å². The van der Waals surface area contributed by atoms with E-state index in [0.29, 0.717) is 6.54 Å². The van der Waals surface area contributed by atoms with Crippen molar-refractivity contribution in [2.45, 2.75) is 25.9 Å². The Morgan fingerprint density at radius 3 is 2.95 bits per heavy atom. The summed E-state index contributed by atoms with van der Waals surface area (Å²) in [5.74, 6) is 0.195. The van der Waals surface area contributed by atoms with Gasteiger partial charge in [0.2, 0.25) is 5.91 Å². The summed E-state index contributed by atoms with van der Waals surface area (Å²) < 4.78 is 1.97. The fraction of sp³-hybridized carbons (Fsp3) is 0.467. The number of rotatable bonds is 4. The average Bonchev–Trinajstić information content (AvgIpc) is 3.09. The third-order valence-electron chi connectivity index (χ3n) is 3.85. The Kier molecular flexibility index (Phi) is 3.69. The van der Waals surface area contributed by atoms with Crippen LogP contribution in [0.25, 0.3) is 11.0 Å². The molecule has 1 aliphatic rings. The topological polar surface area (TPSA) is 50.2 Å². The highest BCUT2D eigenvalue weighted by Gasteiger charge is 2.19. The Labute approximate surface area is 118 Å². The summed E-state index contributed by atoms with van der Waals surface area (Å²) >= 11 is 0. The molecule has 106 valence electrons. The average molecular weight is 272 g/mol. The van der Waals surface area contributed by atoms with Gasteiger partial charge in [-0.25, -0.2) is 4.98 Å². The Morgan fingerprint density at radius 1 is 1.40 bits per heavy atom. The minimum Gasteiger partial charge on any atom is -0.341 e. The molecule has 5 nitrogen and oxygen atoms in total. The fourth-order valence-electron chi connectivity index (χ4n) is 2.86. The third-order valence-corrected chi connectivity index (χ3v) is 3.85. The number of hydrogen-bond acceptors (Lipinski definition) is 3. The van der Waals surface area contributed by atoms with E-state index >= 15 is 0 Å². The fourth-order valence-corrected chi connectivity index (χ4v) is 2.86. The SMILES string of the molecule is CNCc1cn(CC(=O)N2CCCC2)c2ncccc12. The largest absolute Gasteiger partial charge is 0.341 e. The first-order valence-corrected chi connectivity index (χ1v) is 7.14. The maximum Gasteiger partial charge on any atom is 0.242 e. The van der Waals surface area contributed by atoms with E-state index in [2.05, 4.69) is 16.4 Å². The van der Waals surface area contributed by atoms with Gasteiger partial charge < -0.3 is 14.8 Å². The summed E-state index contributed by atoms with van der Waals surface area (Å²) in [6.45, 7) is 2.97. The van der Waals surface area contributed by atoms with Gasteiger partial charge in [-0.15, -0.1) is 0 Å². The predicted molar refractivity (Wildman–Crippen MR) is 78.3 cm³/mol. The third kappa shape index (κ3) is 2.41. The van der Waals surface area contributed by atoms with E-state index in [1.807, 2.05) is 28.8 Å². The van der Waals surface area contributed by atoms with Gasteiger partial charge in [-0.3, -0.25) is 4.79 Å². The number of nitrogens with one attached hydrogen (secondary N) is 1. The van der Waals surface area contributed by atoms with E-state index < -0.39 is 0 Å². The van der Waals surface area contributed by atoms with Crippen LogP contribution in [-0.2, 0) is 17.9 Å². The number of pyridine rings is 1. The molecular formula is C15H20N4O. The first kappa shape index (κ1) is 13.1. The number of likely N-dealkylation sites (tertiary alicyclic amines) is 1. The highest BCUT2D eigenvalue weighted by atomic mass is 16.2. The predicted octanol–water partition coefficient (Wildman–Crippen LogP) is 1.38. The number of nitrogens with zero attached hydrogens (tertiary/aromatic N) is 3. The van der Waals surface area contributed by atoms with Gasteiger partial charge in [-0.1, -0.05) is 0 Å². The lowest BCUT2D eigenvalue weighted by molar-refractivity contribution is -0.130. The monoisotopic (exact) mass is 272 g/mol. The molecule has 0 spiro atoms. The molecule has 1 N–H and O–H groups in total. The highest BCUT2D eigenvalue weighted by molar-refractivity contribution is 5.83. The van der Waals surface area contributed by atoms with Crippen molar-refractivity contribution in [3.05, 3.63) is 30.1 Å². The Hall–Kier alpha value is -1.88. The minimum atomic E-state index is 0.195. The van der Waals surface area contributed by atoms with Crippen LogP contribution < -0.4 is 5.32 Å². The Morgan fingerprint density at radius 2 is 2.20 bits per heavy atom. The number of carbonyl (C=O) groups excluding carboxylic acids is 1. The van der Waals surface area contributed by atoms with Crippen LogP contribution in [0.3, 0.4) is 0 Å². The van der Waals surface area contributed by atoms with Crippen LogP contribution in [0.15, 0.2) is 24.5 Å². The first-order valence-electron chi connectivity index (χ1n) is 7.14. The van der Waals surface area contributed by atoms with Crippen LogP contribution in [0.4, 0.5) is 0 Å². The Bertz CT molecular complexity index is 613. The molecule has 3 heterocycles. The number of fused-ring (bicyclic) bond motifs is 1. The molecule has 3 rings (SSSR count). The van der Waals surface area contributed by atoms with Crippen LogP contribution in [0, 0.1) is 0 Å². The van der Waals surface area contributed by atoms with Gasteiger partial charge in [0, 0.05) is 37.4 Å². The summed E-state index contributed by atoms with van der Waals surface area (Å²) in [7, 11) is 1.93. The summed E-state index contributed by atoms with van der Waals surface area (Å²) in [6, 6.07) is 4.00. The first-order chi connectivity index (χ1) is 9.79. The van der Waals surface area contributed by atoms with E-state index in [-0.39, 0.29) is 5.91 Å². The van der Waals surface area contributed by atoms with E-state index in [0.717, 1.165) is 43.5 Å². The summed E-state index contributed by atoms with van der Waals surface area (Å²) in [6.07, 6.45) is 6.08. The minimum absolute atomic E-state index is 0.195. The van der Waals surface area contributed by atoms with Gasteiger partial charge in [0.05, 0.1) is 0 Å². The lowest BCUT2D eigenvalue weighted by atomic mass is 10.2. The molecule has 0 aliphatic carbocycles. The molecule has 20 heavy (non-hydrogen) atoms. The lowest BCUT2D eigenvalue weighted by Crippen LogP contribution is -2.30. The van der Waals surface area contributed by atoms with Crippen molar-refractivity contribution < 1.29 is 4.79 Å². The van der Waals surface area contributed by atoms with Crippen molar-refractivity contribution in [2.75, 3.05) is 20.1 Å². The van der Waals surface area contributed by atoms with E-state index in [4.69, 9.17) is 0 Å². The molecule has 2 aromatic heterocycles. The van der Waals surface area contributed by atoms with Crippen molar-refractivity contribution >= 4 is 16.9 Å². The van der Waals surface area contributed by atoms with Gasteiger partial charge in [-0.05, 0) is 37.6 Å². The molecule has 0 aromatic carbocycles. The smallest absolute Gasteiger partial charge is 0.242 e. The van der Waals surface area contributed by atoms with Crippen molar-refractivity contribution in [1.82, 2.24) is 19.8 Å². The molecule has 0 bridgehead atoms. The van der Waals surface area contributed by atoms with E-state index in [9.17, 15) is 4.79 Å². The normalized spacial score (nSPS) is 15.2. The van der Waals surface area contributed by atoms with Crippen LogP contribution >= 0.6 is 0 Å². The molecule has 1 saturated heterocycles. The van der Waals surface area contributed by atoms with Gasteiger partial charge in [0.15, 0.2) is 0 Å². The zero-order valence-electron chi connectivity index (χ0n) is 11.8. The van der Waals surface area contributed by atoms with Crippen LogP contribution in [-0.4, -0.2) is 40.5 Å².